The van der Waals surface area contributed by atoms with Gasteiger partial charge in [-0.3, -0.25) is 4.79 Å². The van der Waals surface area contributed by atoms with Gasteiger partial charge in [0.05, 0.1) is 0 Å². The third-order valence-electron chi connectivity index (χ3n) is 3.69. The summed E-state index contributed by atoms with van der Waals surface area (Å²) in [4.78, 5) is 12.2. The molecule has 17 heavy (non-hydrogen) atoms. The van der Waals surface area contributed by atoms with Gasteiger partial charge in [0.1, 0.15) is 11.5 Å². The summed E-state index contributed by atoms with van der Waals surface area (Å²) < 4.78 is 0. The Labute approximate surface area is 102 Å². The molecule has 92 valence electrons. The Morgan fingerprint density at radius 1 is 1.29 bits per heavy atom. The van der Waals surface area contributed by atoms with Crippen molar-refractivity contribution in [1.82, 2.24) is 0 Å². The molecule has 1 aromatic rings. The number of ketones is 1. The largest absolute Gasteiger partial charge is 0.508 e. The molecule has 1 saturated carbocycles. The molecule has 2 unspecified atom stereocenters. The second-order valence-corrected chi connectivity index (χ2v) is 4.84. The van der Waals surface area contributed by atoms with E-state index < -0.39 is 0 Å². The minimum absolute atomic E-state index is 0.147. The molecular weight excluding hydrogens is 214 g/mol. The van der Waals surface area contributed by atoms with E-state index in [0.29, 0.717) is 24.7 Å². The quantitative estimate of drug-likeness (QED) is 0.834. The minimum Gasteiger partial charge on any atom is -0.508 e. The van der Waals surface area contributed by atoms with Gasteiger partial charge in [-0.1, -0.05) is 18.6 Å². The lowest BCUT2D eigenvalue weighted by Crippen LogP contribution is -2.26. The van der Waals surface area contributed by atoms with Crippen LogP contribution in [-0.2, 0) is 11.2 Å². The highest BCUT2D eigenvalue weighted by Gasteiger charge is 2.31. The maximum atomic E-state index is 12.2. The molecule has 1 aromatic carbocycles. The number of phenolic OH excluding ortho intramolecular Hbond substituents is 1. The number of hydrogen-bond acceptors (Lipinski definition) is 3. The van der Waals surface area contributed by atoms with Gasteiger partial charge >= 0.3 is 0 Å². The van der Waals surface area contributed by atoms with Crippen molar-refractivity contribution in [1.29, 1.82) is 0 Å². The van der Waals surface area contributed by atoms with E-state index in [2.05, 4.69) is 0 Å². The fraction of sp³-hybridized carbons (Fsp3) is 0.500. The molecule has 0 heterocycles. The van der Waals surface area contributed by atoms with E-state index >= 15 is 0 Å². The third kappa shape index (κ3) is 2.86. The van der Waals surface area contributed by atoms with Crippen LogP contribution in [-0.4, -0.2) is 17.4 Å². The van der Waals surface area contributed by atoms with E-state index in [0.717, 1.165) is 24.8 Å². The minimum atomic E-state index is 0.147. The molecule has 3 nitrogen and oxygen atoms in total. The first-order valence-electron chi connectivity index (χ1n) is 6.21. The third-order valence-corrected chi connectivity index (χ3v) is 3.69. The first-order valence-corrected chi connectivity index (χ1v) is 6.21. The van der Waals surface area contributed by atoms with E-state index in [-0.39, 0.29) is 11.7 Å². The van der Waals surface area contributed by atoms with E-state index in [1.165, 1.54) is 0 Å². The van der Waals surface area contributed by atoms with Crippen molar-refractivity contribution >= 4 is 5.78 Å². The van der Waals surface area contributed by atoms with Gasteiger partial charge in [-0.15, -0.1) is 0 Å². The summed E-state index contributed by atoms with van der Waals surface area (Å²) in [6, 6.07) is 6.86. The number of benzene rings is 1. The number of phenols is 1. The van der Waals surface area contributed by atoms with Crippen molar-refractivity contribution in [2.24, 2.45) is 17.6 Å². The van der Waals surface area contributed by atoms with Crippen LogP contribution in [0, 0.1) is 11.8 Å². The summed E-state index contributed by atoms with van der Waals surface area (Å²) in [5.74, 6) is 1.05. The Morgan fingerprint density at radius 3 is 2.65 bits per heavy atom. The van der Waals surface area contributed by atoms with Crippen molar-refractivity contribution in [2.45, 2.75) is 25.7 Å². The van der Waals surface area contributed by atoms with Gasteiger partial charge < -0.3 is 10.8 Å². The molecule has 0 bridgehead atoms. The summed E-state index contributed by atoms with van der Waals surface area (Å²) in [7, 11) is 0. The maximum absolute atomic E-state index is 12.2. The summed E-state index contributed by atoms with van der Waals surface area (Å²) >= 11 is 0. The fourth-order valence-electron chi connectivity index (χ4n) is 2.69. The molecule has 0 radical (unpaired) electrons. The molecule has 2 rings (SSSR count). The molecule has 2 atom stereocenters. The molecule has 0 saturated heterocycles. The lowest BCUT2D eigenvalue weighted by atomic mass is 9.89. The Hall–Kier alpha value is -1.35. The Bertz CT molecular complexity index is 386. The molecule has 1 fully saturated rings. The Kier molecular flexibility index (Phi) is 3.79. The normalized spacial score (nSPS) is 23.8. The van der Waals surface area contributed by atoms with Gasteiger partial charge in [-0.2, -0.15) is 0 Å². The molecule has 1 aliphatic rings. The van der Waals surface area contributed by atoms with Crippen LogP contribution < -0.4 is 5.73 Å². The highest BCUT2D eigenvalue weighted by Crippen LogP contribution is 2.32. The lowest BCUT2D eigenvalue weighted by Gasteiger charge is -2.16. The summed E-state index contributed by atoms with van der Waals surface area (Å²) in [6.45, 7) is 0.617. The number of carbonyl (C=O) groups is 1. The van der Waals surface area contributed by atoms with Crippen LogP contribution in [0.5, 0.6) is 5.75 Å². The molecule has 1 aliphatic carbocycles. The topological polar surface area (TPSA) is 63.3 Å². The van der Waals surface area contributed by atoms with Gasteiger partial charge in [-0.25, -0.2) is 0 Å². The standard InChI is InChI=1S/C14H19NO2/c15-9-11-2-1-3-13(11)14(17)8-10-4-6-12(16)7-5-10/h4-7,11,13,16H,1-3,8-9,15H2. The van der Waals surface area contributed by atoms with Crippen molar-refractivity contribution in [2.75, 3.05) is 6.54 Å². The average Bonchev–Trinajstić information content (AvgIpc) is 2.80. The summed E-state index contributed by atoms with van der Waals surface area (Å²) in [5.41, 5.74) is 6.66. The SMILES string of the molecule is NCC1CCCC1C(=O)Cc1ccc(O)cc1. The van der Waals surface area contributed by atoms with E-state index in [4.69, 9.17) is 5.73 Å². The molecule has 0 spiro atoms. The van der Waals surface area contributed by atoms with Crippen molar-refractivity contribution in [3.63, 3.8) is 0 Å². The first kappa shape index (κ1) is 12.1. The Balaban J connectivity index is 1.99. The van der Waals surface area contributed by atoms with Crippen LogP contribution in [0.2, 0.25) is 0 Å². The molecule has 3 heteroatoms. The monoisotopic (exact) mass is 233 g/mol. The molecule has 3 N–H and O–H groups in total. The number of hydrogen-bond donors (Lipinski definition) is 2. The van der Waals surface area contributed by atoms with Crippen LogP contribution in [0.4, 0.5) is 0 Å². The lowest BCUT2D eigenvalue weighted by molar-refractivity contribution is -0.123. The number of aromatic hydroxyl groups is 1. The van der Waals surface area contributed by atoms with Crippen LogP contribution in [0.3, 0.4) is 0 Å². The van der Waals surface area contributed by atoms with E-state index in [1.54, 1.807) is 24.3 Å². The Morgan fingerprint density at radius 2 is 2.00 bits per heavy atom. The van der Waals surface area contributed by atoms with Crippen LogP contribution in [0.15, 0.2) is 24.3 Å². The van der Waals surface area contributed by atoms with Gasteiger partial charge in [0.15, 0.2) is 0 Å². The highest BCUT2D eigenvalue weighted by atomic mass is 16.3. The van der Waals surface area contributed by atoms with Gasteiger partial charge in [0.2, 0.25) is 0 Å². The van der Waals surface area contributed by atoms with Gasteiger partial charge in [0.25, 0.3) is 0 Å². The van der Waals surface area contributed by atoms with Crippen LogP contribution >= 0.6 is 0 Å². The first-order chi connectivity index (χ1) is 8.20. The van der Waals surface area contributed by atoms with Crippen LogP contribution in [0.1, 0.15) is 24.8 Å². The number of rotatable bonds is 4. The molecule has 0 aliphatic heterocycles. The van der Waals surface area contributed by atoms with Crippen molar-refractivity contribution < 1.29 is 9.90 Å². The fourth-order valence-corrected chi connectivity index (χ4v) is 2.69. The van der Waals surface area contributed by atoms with Crippen molar-refractivity contribution in [3.05, 3.63) is 29.8 Å². The van der Waals surface area contributed by atoms with Crippen molar-refractivity contribution in [3.8, 4) is 5.75 Å². The molecular formula is C14H19NO2. The second kappa shape index (κ2) is 5.32. The zero-order chi connectivity index (χ0) is 12.3. The zero-order valence-corrected chi connectivity index (χ0v) is 9.93. The summed E-state index contributed by atoms with van der Waals surface area (Å²) in [6.07, 6.45) is 3.65. The average molecular weight is 233 g/mol. The predicted molar refractivity (Wildman–Crippen MR) is 66.7 cm³/mol. The molecule has 0 aromatic heterocycles. The predicted octanol–water partition coefficient (Wildman–Crippen LogP) is 1.88. The van der Waals surface area contributed by atoms with Crippen LogP contribution in [0.25, 0.3) is 0 Å². The van der Waals surface area contributed by atoms with Gasteiger partial charge in [-0.05, 0) is 43.0 Å². The second-order valence-electron chi connectivity index (χ2n) is 4.84. The number of carbonyl (C=O) groups excluding carboxylic acids is 1. The van der Waals surface area contributed by atoms with E-state index in [1.807, 2.05) is 0 Å². The number of Topliss-reactive ketones (excluding diaryl/α,β-unsaturated/α-hetero) is 1. The smallest absolute Gasteiger partial charge is 0.140 e. The highest BCUT2D eigenvalue weighted by molar-refractivity contribution is 5.83. The summed E-state index contributed by atoms with van der Waals surface area (Å²) in [5, 5.41) is 9.18. The zero-order valence-electron chi connectivity index (χ0n) is 9.93. The van der Waals surface area contributed by atoms with Gasteiger partial charge in [0, 0.05) is 12.3 Å². The maximum Gasteiger partial charge on any atom is 0.140 e. The molecule has 0 amide bonds. The van der Waals surface area contributed by atoms with E-state index in [9.17, 15) is 9.90 Å². The number of nitrogens with two attached hydrogens (primary N) is 1.